The fraction of sp³-hybridized carbons (Fsp3) is 0.407. The summed E-state index contributed by atoms with van der Waals surface area (Å²) in [7, 11) is 7.54. The average Bonchev–Trinajstić information content (AvgIpc) is 2.79. The molecule has 3 rings (SSSR count). The average molecular weight is 464 g/mol. The Morgan fingerprint density at radius 3 is 2.65 bits per heavy atom. The Morgan fingerprint density at radius 1 is 1.29 bits per heavy atom. The maximum absolute atomic E-state index is 13.3. The molecule has 0 bridgehead atoms. The van der Waals surface area contributed by atoms with Crippen molar-refractivity contribution in [2.45, 2.75) is 19.9 Å². The molecule has 1 atom stereocenters. The smallest absolute Gasteiger partial charge is 0.252 e. The molecule has 182 valence electrons. The minimum Gasteiger partial charge on any atom is -0.497 e. The van der Waals surface area contributed by atoms with Crippen molar-refractivity contribution in [3.8, 4) is 5.75 Å². The maximum Gasteiger partial charge on any atom is 0.252 e. The van der Waals surface area contributed by atoms with E-state index in [1.165, 1.54) is 6.20 Å². The van der Waals surface area contributed by atoms with Crippen LogP contribution in [-0.4, -0.2) is 64.9 Å². The monoisotopic (exact) mass is 463 g/mol. The topological polar surface area (TPSA) is 83.2 Å². The minimum absolute atomic E-state index is 0.0914. The standard InChI is InChI=1S/C27H37N5O2/c1-18-7-8-24(32-16-20(17-32)15-31(4)5)12-26(18)27(33)30-19(2)21-9-22(11-25(10-21)34-6)23(13-28)14-29-3/h7-14,19-20H,15-17,28H2,1-6H3,(H,30,33)/b23-13+,29-14?. The van der Waals surface area contributed by atoms with Gasteiger partial charge in [0.2, 0.25) is 0 Å². The molecule has 0 saturated carbocycles. The van der Waals surface area contributed by atoms with Gasteiger partial charge >= 0.3 is 0 Å². The molecule has 0 radical (unpaired) electrons. The van der Waals surface area contributed by atoms with Crippen LogP contribution in [-0.2, 0) is 0 Å². The zero-order valence-electron chi connectivity index (χ0n) is 21.1. The van der Waals surface area contributed by atoms with Crippen LogP contribution in [0.5, 0.6) is 5.75 Å². The summed E-state index contributed by atoms with van der Waals surface area (Å²) < 4.78 is 5.49. The third kappa shape index (κ3) is 5.97. The highest BCUT2D eigenvalue weighted by atomic mass is 16.5. The third-order valence-corrected chi connectivity index (χ3v) is 6.20. The molecule has 3 N–H and O–H groups in total. The van der Waals surface area contributed by atoms with Crippen LogP contribution >= 0.6 is 0 Å². The summed E-state index contributed by atoms with van der Waals surface area (Å²) in [6, 6.07) is 11.7. The number of rotatable bonds is 9. The van der Waals surface area contributed by atoms with E-state index in [9.17, 15) is 4.79 Å². The first-order valence-corrected chi connectivity index (χ1v) is 11.6. The highest BCUT2D eigenvalue weighted by Gasteiger charge is 2.28. The van der Waals surface area contributed by atoms with Gasteiger partial charge in [-0.15, -0.1) is 0 Å². The molecule has 1 fully saturated rings. The maximum atomic E-state index is 13.3. The molecule has 0 aliphatic carbocycles. The molecule has 1 amide bonds. The number of nitrogens with two attached hydrogens (primary N) is 1. The number of methoxy groups -OCH3 is 1. The molecule has 1 saturated heterocycles. The lowest BCUT2D eigenvalue weighted by atomic mass is 9.97. The van der Waals surface area contributed by atoms with E-state index in [2.05, 4.69) is 40.3 Å². The third-order valence-electron chi connectivity index (χ3n) is 6.20. The minimum atomic E-state index is -0.226. The zero-order chi connectivity index (χ0) is 24.8. The van der Waals surface area contributed by atoms with Gasteiger partial charge < -0.3 is 25.6 Å². The molecule has 7 heteroatoms. The number of allylic oxidation sites excluding steroid dienone is 1. The summed E-state index contributed by atoms with van der Waals surface area (Å²) in [5.41, 5.74) is 11.1. The van der Waals surface area contributed by atoms with Gasteiger partial charge in [-0.1, -0.05) is 6.07 Å². The number of anilines is 1. The Hall–Kier alpha value is -3.32. The van der Waals surface area contributed by atoms with Gasteiger partial charge in [0.05, 0.1) is 13.2 Å². The van der Waals surface area contributed by atoms with Crippen LogP contribution in [0.1, 0.15) is 40.0 Å². The van der Waals surface area contributed by atoms with Crippen LogP contribution < -0.4 is 20.7 Å². The molecule has 0 aromatic heterocycles. The molecule has 7 nitrogen and oxygen atoms in total. The van der Waals surface area contributed by atoms with E-state index in [1.54, 1.807) is 20.4 Å². The lowest BCUT2D eigenvalue weighted by Crippen LogP contribution is -2.50. The van der Waals surface area contributed by atoms with Crippen molar-refractivity contribution in [1.29, 1.82) is 0 Å². The largest absolute Gasteiger partial charge is 0.497 e. The van der Waals surface area contributed by atoms with Gasteiger partial charge in [-0.25, -0.2) is 0 Å². The molecule has 34 heavy (non-hydrogen) atoms. The number of hydrogen-bond acceptors (Lipinski definition) is 6. The summed E-state index contributed by atoms with van der Waals surface area (Å²) in [4.78, 5) is 21.9. The predicted molar refractivity (Wildman–Crippen MR) is 141 cm³/mol. The van der Waals surface area contributed by atoms with E-state index < -0.39 is 0 Å². The first-order valence-electron chi connectivity index (χ1n) is 11.6. The van der Waals surface area contributed by atoms with Crippen molar-refractivity contribution in [2.24, 2.45) is 16.6 Å². The molecular weight excluding hydrogens is 426 g/mol. The number of amides is 1. The van der Waals surface area contributed by atoms with Crippen LogP contribution in [0.3, 0.4) is 0 Å². The highest BCUT2D eigenvalue weighted by molar-refractivity contribution is 6.09. The summed E-state index contributed by atoms with van der Waals surface area (Å²) in [5, 5.41) is 3.15. The van der Waals surface area contributed by atoms with Gasteiger partial charge in [0.25, 0.3) is 5.91 Å². The van der Waals surface area contributed by atoms with Crippen LogP contribution in [0.25, 0.3) is 5.57 Å². The number of benzene rings is 2. The molecule has 1 heterocycles. The highest BCUT2D eigenvalue weighted by Crippen LogP contribution is 2.29. The fourth-order valence-corrected chi connectivity index (χ4v) is 4.33. The van der Waals surface area contributed by atoms with Gasteiger partial charge in [-0.3, -0.25) is 9.79 Å². The van der Waals surface area contributed by atoms with Crippen molar-refractivity contribution < 1.29 is 9.53 Å². The second-order valence-electron chi connectivity index (χ2n) is 9.23. The first kappa shape index (κ1) is 25.3. The number of nitrogens with one attached hydrogen (secondary N) is 1. The van der Waals surface area contributed by atoms with Crippen molar-refractivity contribution in [3.63, 3.8) is 0 Å². The van der Waals surface area contributed by atoms with Gasteiger partial charge in [0.15, 0.2) is 0 Å². The van der Waals surface area contributed by atoms with Gasteiger partial charge in [0, 0.05) is 61.8 Å². The van der Waals surface area contributed by atoms with Crippen LogP contribution in [0.2, 0.25) is 0 Å². The SMILES string of the molecule is CN=C/C(=C\N)c1cc(OC)cc(C(C)NC(=O)c2cc(N3CC(CN(C)C)C3)ccc2C)c1. The zero-order valence-corrected chi connectivity index (χ0v) is 21.1. The van der Waals surface area contributed by atoms with Gasteiger partial charge in [0.1, 0.15) is 5.75 Å². The van der Waals surface area contributed by atoms with Crippen molar-refractivity contribution >= 4 is 23.4 Å². The molecule has 1 unspecified atom stereocenters. The molecule has 2 aromatic rings. The lowest BCUT2D eigenvalue weighted by molar-refractivity contribution is 0.0939. The molecular formula is C27H37N5O2. The molecule has 1 aliphatic rings. The quantitative estimate of drug-likeness (QED) is 0.556. The normalized spacial score (nSPS) is 15.5. The predicted octanol–water partition coefficient (Wildman–Crippen LogP) is 3.49. The Kier molecular flexibility index (Phi) is 8.34. The lowest BCUT2D eigenvalue weighted by Gasteiger charge is -2.42. The Morgan fingerprint density at radius 2 is 2.03 bits per heavy atom. The second-order valence-corrected chi connectivity index (χ2v) is 9.23. The van der Waals surface area contributed by atoms with E-state index in [0.29, 0.717) is 17.2 Å². The Labute approximate surface area is 203 Å². The fourth-order valence-electron chi connectivity index (χ4n) is 4.33. The number of nitrogens with zero attached hydrogens (tertiary/aromatic N) is 3. The Balaban J connectivity index is 1.77. The molecule has 2 aromatic carbocycles. The van der Waals surface area contributed by atoms with Crippen LogP contribution in [0.15, 0.2) is 47.6 Å². The van der Waals surface area contributed by atoms with Crippen molar-refractivity contribution in [2.75, 3.05) is 52.8 Å². The van der Waals surface area contributed by atoms with Crippen LogP contribution in [0, 0.1) is 12.8 Å². The second kappa shape index (κ2) is 11.2. The van der Waals surface area contributed by atoms with E-state index in [1.807, 2.05) is 44.2 Å². The van der Waals surface area contributed by atoms with E-state index in [0.717, 1.165) is 47.6 Å². The number of carbonyl (C=O) groups is 1. The summed E-state index contributed by atoms with van der Waals surface area (Å²) in [6.45, 7) is 7.06. The summed E-state index contributed by atoms with van der Waals surface area (Å²) in [6.07, 6.45) is 3.22. The first-order chi connectivity index (χ1) is 16.2. The van der Waals surface area contributed by atoms with Crippen molar-refractivity contribution in [3.05, 3.63) is 64.9 Å². The van der Waals surface area contributed by atoms with E-state index in [4.69, 9.17) is 10.5 Å². The number of carbonyl (C=O) groups excluding carboxylic acids is 1. The number of aryl methyl sites for hydroxylation is 1. The van der Waals surface area contributed by atoms with E-state index >= 15 is 0 Å². The van der Waals surface area contributed by atoms with Gasteiger partial charge in [-0.2, -0.15) is 0 Å². The number of hydrogen-bond donors (Lipinski definition) is 2. The van der Waals surface area contributed by atoms with Gasteiger partial charge in [-0.05, 0) is 75.0 Å². The molecule has 1 aliphatic heterocycles. The molecule has 0 spiro atoms. The Bertz CT molecular complexity index is 1070. The summed E-state index contributed by atoms with van der Waals surface area (Å²) in [5.74, 6) is 1.27. The van der Waals surface area contributed by atoms with Crippen molar-refractivity contribution in [1.82, 2.24) is 10.2 Å². The van der Waals surface area contributed by atoms with E-state index in [-0.39, 0.29) is 11.9 Å². The van der Waals surface area contributed by atoms with Crippen LogP contribution in [0.4, 0.5) is 5.69 Å². The number of aliphatic imine (C=N–C) groups is 1. The number of ether oxygens (including phenoxy) is 1. The summed E-state index contributed by atoms with van der Waals surface area (Å²) >= 11 is 0.